The van der Waals surface area contributed by atoms with E-state index in [9.17, 15) is 18.0 Å². The van der Waals surface area contributed by atoms with Gasteiger partial charge in [0.25, 0.3) is 5.91 Å². The van der Waals surface area contributed by atoms with E-state index in [-0.39, 0.29) is 0 Å². The van der Waals surface area contributed by atoms with Crippen molar-refractivity contribution in [2.24, 2.45) is 5.16 Å². The van der Waals surface area contributed by atoms with Gasteiger partial charge in [0.15, 0.2) is 0 Å². The Bertz CT molecular complexity index is 1050. The van der Waals surface area contributed by atoms with E-state index in [1.807, 2.05) is 24.3 Å². The molecule has 0 unspecified atom stereocenters. The summed E-state index contributed by atoms with van der Waals surface area (Å²) in [7, 11) is 1.43. The minimum Gasteiger partial charge on any atom is -0.399 e. The highest BCUT2D eigenvalue weighted by Crippen LogP contribution is 2.33. The smallest absolute Gasteiger partial charge is 0.399 e. The quantitative estimate of drug-likeness (QED) is 0.449. The zero-order valence-electron chi connectivity index (χ0n) is 15.4. The fraction of sp³-hybridized carbons (Fsp3) is 0.0909. The van der Waals surface area contributed by atoms with Gasteiger partial charge in [0, 0.05) is 11.3 Å². The molecule has 0 aliphatic heterocycles. The standard InChI is InChI=1S/C22H17F3N2O2/c1-29-26-14-15-7-6-8-16(13-15)17-9-3-5-12-20(17)27-21(28)18-10-2-4-11-19(18)22(23,24)25/h2-14H,1H3,(H,27,28)/b26-14+. The lowest BCUT2D eigenvalue weighted by Crippen LogP contribution is -2.19. The maximum atomic E-state index is 13.2. The Kier molecular flexibility index (Phi) is 5.97. The van der Waals surface area contributed by atoms with E-state index in [0.717, 1.165) is 23.3 Å². The summed E-state index contributed by atoms with van der Waals surface area (Å²) in [5.41, 5.74) is 1.19. The van der Waals surface area contributed by atoms with E-state index < -0.39 is 23.2 Å². The van der Waals surface area contributed by atoms with Crippen molar-refractivity contribution < 1.29 is 22.8 Å². The normalized spacial score (nSPS) is 11.4. The molecule has 0 heterocycles. The number of rotatable bonds is 5. The highest BCUT2D eigenvalue weighted by atomic mass is 19.4. The maximum Gasteiger partial charge on any atom is 0.417 e. The van der Waals surface area contributed by atoms with Gasteiger partial charge in [-0.05, 0) is 35.4 Å². The third-order valence-electron chi connectivity index (χ3n) is 4.16. The summed E-state index contributed by atoms with van der Waals surface area (Å²) in [4.78, 5) is 17.3. The van der Waals surface area contributed by atoms with Crippen LogP contribution in [0.5, 0.6) is 0 Å². The van der Waals surface area contributed by atoms with Crippen LogP contribution in [0.1, 0.15) is 21.5 Å². The molecule has 0 atom stereocenters. The van der Waals surface area contributed by atoms with Gasteiger partial charge < -0.3 is 10.2 Å². The fourth-order valence-corrected chi connectivity index (χ4v) is 2.86. The average Bonchev–Trinajstić information content (AvgIpc) is 2.72. The number of alkyl halides is 3. The second-order valence-corrected chi connectivity index (χ2v) is 6.09. The third kappa shape index (κ3) is 4.82. The van der Waals surface area contributed by atoms with E-state index in [0.29, 0.717) is 11.3 Å². The van der Waals surface area contributed by atoms with E-state index >= 15 is 0 Å². The van der Waals surface area contributed by atoms with E-state index in [2.05, 4.69) is 15.3 Å². The van der Waals surface area contributed by atoms with Crippen LogP contribution in [0.3, 0.4) is 0 Å². The zero-order valence-corrected chi connectivity index (χ0v) is 15.4. The molecule has 1 amide bonds. The van der Waals surface area contributed by atoms with Gasteiger partial charge in [0.05, 0.1) is 17.3 Å². The lowest BCUT2D eigenvalue weighted by molar-refractivity contribution is -0.137. The molecule has 0 aliphatic rings. The van der Waals surface area contributed by atoms with Gasteiger partial charge >= 0.3 is 6.18 Å². The molecule has 29 heavy (non-hydrogen) atoms. The second-order valence-electron chi connectivity index (χ2n) is 6.09. The van der Waals surface area contributed by atoms with Crippen LogP contribution in [-0.4, -0.2) is 19.2 Å². The minimum atomic E-state index is -4.62. The molecular formula is C22H17F3N2O2. The van der Waals surface area contributed by atoms with Crippen LogP contribution < -0.4 is 5.32 Å². The number of anilines is 1. The first-order valence-corrected chi connectivity index (χ1v) is 8.63. The molecule has 0 aromatic heterocycles. The molecule has 148 valence electrons. The number of oxime groups is 1. The lowest BCUT2D eigenvalue weighted by atomic mass is 10.0. The number of amides is 1. The number of nitrogens with one attached hydrogen (secondary N) is 1. The summed E-state index contributed by atoms with van der Waals surface area (Å²) in [6, 6.07) is 18.9. The Morgan fingerprint density at radius 3 is 2.48 bits per heavy atom. The number of carbonyl (C=O) groups is 1. The van der Waals surface area contributed by atoms with Gasteiger partial charge in [-0.15, -0.1) is 0 Å². The van der Waals surface area contributed by atoms with Crippen molar-refractivity contribution in [1.82, 2.24) is 0 Å². The molecule has 0 spiro atoms. The molecule has 1 N–H and O–H groups in total. The fourth-order valence-electron chi connectivity index (χ4n) is 2.86. The van der Waals surface area contributed by atoms with Crippen LogP contribution in [0.2, 0.25) is 0 Å². The van der Waals surface area contributed by atoms with Crippen molar-refractivity contribution >= 4 is 17.8 Å². The summed E-state index contributed by atoms with van der Waals surface area (Å²) in [6.45, 7) is 0. The molecule has 3 aromatic carbocycles. The first-order chi connectivity index (χ1) is 13.9. The maximum absolute atomic E-state index is 13.2. The predicted octanol–water partition coefficient (Wildman–Crippen LogP) is 5.61. The third-order valence-corrected chi connectivity index (χ3v) is 4.16. The van der Waals surface area contributed by atoms with Crippen molar-refractivity contribution in [2.75, 3.05) is 12.4 Å². The van der Waals surface area contributed by atoms with Crippen molar-refractivity contribution in [3.63, 3.8) is 0 Å². The van der Waals surface area contributed by atoms with Crippen molar-refractivity contribution in [1.29, 1.82) is 0 Å². The first-order valence-electron chi connectivity index (χ1n) is 8.63. The van der Waals surface area contributed by atoms with E-state index in [1.54, 1.807) is 24.3 Å². The van der Waals surface area contributed by atoms with Gasteiger partial charge in [0.1, 0.15) is 7.11 Å². The Morgan fingerprint density at radius 1 is 1.00 bits per heavy atom. The van der Waals surface area contributed by atoms with Crippen LogP contribution in [0.25, 0.3) is 11.1 Å². The van der Waals surface area contributed by atoms with Gasteiger partial charge in [-0.3, -0.25) is 4.79 Å². The van der Waals surface area contributed by atoms with Crippen molar-refractivity contribution in [2.45, 2.75) is 6.18 Å². The van der Waals surface area contributed by atoms with E-state index in [1.165, 1.54) is 25.5 Å². The Balaban J connectivity index is 1.95. The molecule has 3 aromatic rings. The number of nitrogens with zero attached hydrogens (tertiary/aromatic N) is 1. The SMILES string of the molecule is CO/N=C/c1cccc(-c2ccccc2NC(=O)c2ccccc2C(F)(F)F)c1. The number of hydrogen-bond donors (Lipinski definition) is 1. The number of hydrogen-bond acceptors (Lipinski definition) is 3. The Labute approximate surface area is 165 Å². The first kappa shape index (κ1) is 20.1. The molecule has 0 saturated carbocycles. The summed E-state index contributed by atoms with van der Waals surface area (Å²) in [5, 5.41) is 6.32. The molecule has 7 heteroatoms. The second kappa shape index (κ2) is 8.60. The van der Waals surface area contributed by atoms with Crippen LogP contribution in [0.15, 0.2) is 78.0 Å². The summed E-state index contributed by atoms with van der Waals surface area (Å²) in [5.74, 6) is -0.831. The Morgan fingerprint density at radius 2 is 1.72 bits per heavy atom. The highest BCUT2D eigenvalue weighted by Gasteiger charge is 2.34. The molecule has 0 saturated heterocycles. The summed E-state index contributed by atoms with van der Waals surface area (Å²) in [6.07, 6.45) is -3.09. The van der Waals surface area contributed by atoms with Gasteiger partial charge in [-0.2, -0.15) is 13.2 Å². The molecule has 4 nitrogen and oxygen atoms in total. The average molecular weight is 398 g/mol. The van der Waals surface area contributed by atoms with Gasteiger partial charge in [-0.1, -0.05) is 53.7 Å². The largest absolute Gasteiger partial charge is 0.417 e. The van der Waals surface area contributed by atoms with Gasteiger partial charge in [-0.25, -0.2) is 0 Å². The lowest BCUT2D eigenvalue weighted by Gasteiger charge is -2.15. The summed E-state index contributed by atoms with van der Waals surface area (Å²) < 4.78 is 39.7. The van der Waals surface area contributed by atoms with Crippen molar-refractivity contribution in [3.8, 4) is 11.1 Å². The topological polar surface area (TPSA) is 50.7 Å². The zero-order chi connectivity index (χ0) is 20.9. The molecule has 0 fully saturated rings. The highest BCUT2D eigenvalue weighted by molar-refractivity contribution is 6.07. The summed E-state index contributed by atoms with van der Waals surface area (Å²) >= 11 is 0. The van der Waals surface area contributed by atoms with Crippen LogP contribution in [-0.2, 0) is 11.0 Å². The number of carbonyl (C=O) groups excluding carboxylic acids is 1. The van der Waals surface area contributed by atoms with Crippen molar-refractivity contribution in [3.05, 3.63) is 89.5 Å². The molecule has 0 bridgehead atoms. The molecule has 0 aliphatic carbocycles. The number of benzene rings is 3. The van der Waals surface area contributed by atoms with E-state index in [4.69, 9.17) is 0 Å². The monoisotopic (exact) mass is 398 g/mol. The predicted molar refractivity (Wildman–Crippen MR) is 106 cm³/mol. The van der Waals surface area contributed by atoms with Crippen LogP contribution in [0.4, 0.5) is 18.9 Å². The van der Waals surface area contributed by atoms with Gasteiger partial charge in [0.2, 0.25) is 0 Å². The van der Waals surface area contributed by atoms with Crippen LogP contribution >= 0.6 is 0 Å². The number of para-hydroxylation sites is 1. The Hall–Kier alpha value is -3.61. The molecule has 0 radical (unpaired) electrons. The molecular weight excluding hydrogens is 381 g/mol. The van der Waals surface area contributed by atoms with Crippen LogP contribution in [0, 0.1) is 0 Å². The molecule has 3 rings (SSSR count). The minimum absolute atomic E-state index is 0.398. The number of halogens is 3.